The van der Waals surface area contributed by atoms with E-state index in [1.54, 1.807) is 12.4 Å². The van der Waals surface area contributed by atoms with Crippen molar-refractivity contribution in [1.29, 1.82) is 0 Å². The average molecular weight is 256 g/mol. The predicted molar refractivity (Wildman–Crippen MR) is 79.4 cm³/mol. The van der Waals surface area contributed by atoms with Crippen molar-refractivity contribution in [1.82, 2.24) is 9.97 Å². The van der Waals surface area contributed by atoms with E-state index in [4.69, 9.17) is 0 Å². The van der Waals surface area contributed by atoms with Gasteiger partial charge in [0.15, 0.2) is 0 Å². The first-order valence-electron chi connectivity index (χ1n) is 6.58. The maximum Gasteiger partial charge on any atom is 0.147 e. The van der Waals surface area contributed by atoms with Crippen LogP contribution in [0.4, 0.5) is 11.6 Å². The van der Waals surface area contributed by atoms with E-state index in [2.05, 4.69) is 58.7 Å². The summed E-state index contributed by atoms with van der Waals surface area (Å²) in [6.07, 6.45) is 3.47. The second-order valence-corrected chi connectivity index (χ2v) is 4.54. The minimum atomic E-state index is 0.201. The molecule has 0 aliphatic rings. The molecule has 1 aromatic carbocycles. The van der Waals surface area contributed by atoms with Gasteiger partial charge in [-0.3, -0.25) is 4.98 Å². The van der Waals surface area contributed by atoms with Crippen molar-refractivity contribution in [2.24, 2.45) is 0 Å². The Balaban J connectivity index is 2.12. The van der Waals surface area contributed by atoms with E-state index < -0.39 is 0 Å². The molecule has 0 radical (unpaired) electrons. The Hall–Kier alpha value is -2.10. The van der Waals surface area contributed by atoms with E-state index in [9.17, 15) is 0 Å². The van der Waals surface area contributed by atoms with Gasteiger partial charge in [0.1, 0.15) is 11.6 Å². The van der Waals surface area contributed by atoms with Gasteiger partial charge < -0.3 is 10.6 Å². The summed E-state index contributed by atoms with van der Waals surface area (Å²) < 4.78 is 0. The lowest BCUT2D eigenvalue weighted by molar-refractivity contribution is 0.862. The molecule has 1 unspecified atom stereocenters. The van der Waals surface area contributed by atoms with Crippen LogP contribution in [-0.2, 0) is 0 Å². The van der Waals surface area contributed by atoms with Crippen molar-refractivity contribution in [3.05, 3.63) is 47.8 Å². The molecule has 0 bridgehead atoms. The fourth-order valence-corrected chi connectivity index (χ4v) is 2.07. The predicted octanol–water partition coefficient (Wildman–Crippen LogP) is 3.39. The van der Waals surface area contributed by atoms with Crippen LogP contribution in [0.2, 0.25) is 0 Å². The van der Waals surface area contributed by atoms with Gasteiger partial charge in [-0.2, -0.15) is 0 Å². The van der Waals surface area contributed by atoms with E-state index in [1.165, 1.54) is 11.1 Å². The molecule has 0 fully saturated rings. The number of rotatable bonds is 5. The summed E-state index contributed by atoms with van der Waals surface area (Å²) in [7, 11) is 0. The summed E-state index contributed by atoms with van der Waals surface area (Å²) in [5.74, 6) is 1.58. The van der Waals surface area contributed by atoms with Gasteiger partial charge in [-0.15, -0.1) is 0 Å². The Morgan fingerprint density at radius 2 is 1.89 bits per heavy atom. The second-order valence-electron chi connectivity index (χ2n) is 4.54. The molecule has 4 nitrogen and oxygen atoms in total. The zero-order chi connectivity index (χ0) is 13.7. The van der Waals surface area contributed by atoms with Crippen LogP contribution in [0.25, 0.3) is 0 Å². The largest absolute Gasteiger partial charge is 0.369 e. The minimum Gasteiger partial charge on any atom is -0.369 e. The highest BCUT2D eigenvalue weighted by atomic mass is 15.1. The Labute approximate surface area is 114 Å². The summed E-state index contributed by atoms with van der Waals surface area (Å²) in [5.41, 5.74) is 2.55. The maximum absolute atomic E-state index is 4.47. The highest BCUT2D eigenvalue weighted by Gasteiger charge is 2.08. The number of hydrogen-bond acceptors (Lipinski definition) is 4. The number of nitrogens with zero attached hydrogens (tertiary/aromatic N) is 2. The third-order valence-electron chi connectivity index (χ3n) is 3.01. The van der Waals surface area contributed by atoms with E-state index in [0.717, 1.165) is 18.2 Å². The van der Waals surface area contributed by atoms with Crippen molar-refractivity contribution in [2.45, 2.75) is 26.8 Å². The molecule has 0 aliphatic carbocycles. The molecule has 100 valence electrons. The van der Waals surface area contributed by atoms with Gasteiger partial charge in [0.25, 0.3) is 0 Å². The minimum absolute atomic E-state index is 0.201. The highest BCUT2D eigenvalue weighted by molar-refractivity contribution is 5.44. The first-order valence-corrected chi connectivity index (χ1v) is 6.58. The molecule has 2 N–H and O–H groups in total. The maximum atomic E-state index is 4.47. The lowest BCUT2D eigenvalue weighted by Crippen LogP contribution is -2.10. The lowest BCUT2D eigenvalue weighted by atomic mass is 10.0. The summed E-state index contributed by atoms with van der Waals surface area (Å²) in [5, 5.41) is 6.54. The third kappa shape index (κ3) is 3.44. The van der Waals surface area contributed by atoms with Crippen LogP contribution in [0.3, 0.4) is 0 Å². The van der Waals surface area contributed by atoms with Crippen molar-refractivity contribution >= 4 is 11.6 Å². The van der Waals surface area contributed by atoms with Crippen LogP contribution in [-0.4, -0.2) is 16.5 Å². The molecule has 1 atom stereocenters. The molecule has 0 amide bonds. The molecule has 0 aliphatic heterocycles. The molecule has 0 saturated carbocycles. The molecule has 2 rings (SSSR count). The Morgan fingerprint density at radius 3 is 2.63 bits per heavy atom. The normalized spacial score (nSPS) is 11.9. The topological polar surface area (TPSA) is 49.8 Å². The SMILES string of the molecule is CCNc1cncc(NC(C)c2ccccc2C)n1. The monoisotopic (exact) mass is 256 g/mol. The number of anilines is 2. The molecule has 2 aromatic rings. The van der Waals surface area contributed by atoms with Crippen LogP contribution < -0.4 is 10.6 Å². The first kappa shape index (κ1) is 13.3. The van der Waals surface area contributed by atoms with Crippen LogP contribution in [0, 0.1) is 6.92 Å². The molecule has 19 heavy (non-hydrogen) atoms. The Kier molecular flexibility index (Phi) is 4.34. The van der Waals surface area contributed by atoms with Gasteiger partial charge in [0.05, 0.1) is 18.4 Å². The summed E-state index contributed by atoms with van der Waals surface area (Å²) in [4.78, 5) is 8.66. The van der Waals surface area contributed by atoms with Crippen LogP contribution >= 0.6 is 0 Å². The first-order chi connectivity index (χ1) is 9.20. The molecule has 4 heteroatoms. The molecule has 1 heterocycles. The van der Waals surface area contributed by atoms with Crippen LogP contribution in [0.15, 0.2) is 36.7 Å². The van der Waals surface area contributed by atoms with Gasteiger partial charge in [0.2, 0.25) is 0 Å². The van der Waals surface area contributed by atoms with Gasteiger partial charge >= 0.3 is 0 Å². The van der Waals surface area contributed by atoms with E-state index in [-0.39, 0.29) is 6.04 Å². The molecule has 0 spiro atoms. The van der Waals surface area contributed by atoms with Crippen molar-refractivity contribution < 1.29 is 0 Å². The zero-order valence-electron chi connectivity index (χ0n) is 11.6. The molecule has 1 aromatic heterocycles. The van der Waals surface area contributed by atoms with Gasteiger partial charge in [-0.25, -0.2) is 4.98 Å². The fraction of sp³-hybridized carbons (Fsp3) is 0.333. The third-order valence-corrected chi connectivity index (χ3v) is 3.01. The summed E-state index contributed by atoms with van der Waals surface area (Å²) in [6.45, 7) is 7.13. The number of aromatic nitrogens is 2. The van der Waals surface area contributed by atoms with Gasteiger partial charge in [0, 0.05) is 6.54 Å². The van der Waals surface area contributed by atoms with Crippen LogP contribution in [0.1, 0.15) is 31.0 Å². The van der Waals surface area contributed by atoms with Crippen molar-refractivity contribution in [2.75, 3.05) is 17.2 Å². The second kappa shape index (κ2) is 6.18. The van der Waals surface area contributed by atoms with Crippen molar-refractivity contribution in [3.8, 4) is 0 Å². The summed E-state index contributed by atoms with van der Waals surface area (Å²) >= 11 is 0. The standard InChI is InChI=1S/C15H20N4/c1-4-17-14-9-16-10-15(19-14)18-12(3)13-8-6-5-7-11(13)2/h5-10,12H,4H2,1-3H3,(H2,17,18,19). The molecule has 0 saturated heterocycles. The quantitative estimate of drug-likeness (QED) is 0.861. The Morgan fingerprint density at radius 1 is 1.16 bits per heavy atom. The number of benzene rings is 1. The van der Waals surface area contributed by atoms with E-state index in [1.807, 2.05) is 6.92 Å². The van der Waals surface area contributed by atoms with Gasteiger partial charge in [-0.1, -0.05) is 24.3 Å². The fourth-order valence-electron chi connectivity index (χ4n) is 2.07. The summed E-state index contributed by atoms with van der Waals surface area (Å²) in [6, 6.07) is 8.56. The van der Waals surface area contributed by atoms with Crippen molar-refractivity contribution in [3.63, 3.8) is 0 Å². The van der Waals surface area contributed by atoms with E-state index >= 15 is 0 Å². The number of nitrogens with one attached hydrogen (secondary N) is 2. The van der Waals surface area contributed by atoms with Gasteiger partial charge in [-0.05, 0) is 31.9 Å². The lowest BCUT2D eigenvalue weighted by Gasteiger charge is -2.17. The van der Waals surface area contributed by atoms with Crippen LogP contribution in [0.5, 0.6) is 0 Å². The van der Waals surface area contributed by atoms with E-state index in [0.29, 0.717) is 0 Å². The smallest absolute Gasteiger partial charge is 0.147 e. The number of aryl methyl sites for hydroxylation is 1. The number of hydrogen-bond donors (Lipinski definition) is 2. The molecular formula is C15H20N4. The average Bonchev–Trinajstić information content (AvgIpc) is 2.40. The Bertz CT molecular complexity index is 539. The highest BCUT2D eigenvalue weighted by Crippen LogP contribution is 2.21. The molecular weight excluding hydrogens is 236 g/mol. The zero-order valence-corrected chi connectivity index (χ0v) is 11.6.